The summed E-state index contributed by atoms with van der Waals surface area (Å²) in [6.45, 7) is 1.97. The highest BCUT2D eigenvalue weighted by Gasteiger charge is 2.19. The van der Waals surface area contributed by atoms with Crippen LogP contribution in [0, 0.1) is 6.92 Å². The number of nitrogens with zero attached hydrogens (tertiary/aromatic N) is 6. The third-order valence-corrected chi connectivity index (χ3v) is 6.51. The molecule has 0 aliphatic carbocycles. The number of benzene rings is 2. The van der Waals surface area contributed by atoms with E-state index in [-0.39, 0.29) is 0 Å². The fourth-order valence-electron chi connectivity index (χ4n) is 3.25. The van der Waals surface area contributed by atoms with Gasteiger partial charge in [0.15, 0.2) is 11.0 Å². The van der Waals surface area contributed by atoms with Gasteiger partial charge in [0.1, 0.15) is 0 Å². The van der Waals surface area contributed by atoms with Crippen LogP contribution in [0.4, 0.5) is 0 Å². The summed E-state index contributed by atoms with van der Waals surface area (Å²) in [6, 6.07) is 16.8. The van der Waals surface area contributed by atoms with Crippen molar-refractivity contribution in [3.05, 3.63) is 88.5 Å². The molecule has 0 saturated carbocycles. The Hall–Kier alpha value is -3.20. The van der Waals surface area contributed by atoms with Crippen molar-refractivity contribution in [2.75, 3.05) is 0 Å². The summed E-state index contributed by atoms with van der Waals surface area (Å²) in [5.41, 5.74) is 3.53. The fraction of sp³-hybridized carbons (Fsp3) is 0.0870. The van der Waals surface area contributed by atoms with Crippen molar-refractivity contribution in [1.82, 2.24) is 29.9 Å². The summed E-state index contributed by atoms with van der Waals surface area (Å²) in [6.07, 6.45) is 3.45. The number of aromatic nitrogens is 6. The van der Waals surface area contributed by atoms with Crippen LogP contribution in [0.25, 0.3) is 28.5 Å². The number of rotatable bonds is 6. The van der Waals surface area contributed by atoms with Gasteiger partial charge in [0.2, 0.25) is 11.8 Å². The van der Waals surface area contributed by atoms with Crippen LogP contribution < -0.4 is 0 Å². The molecular weight excluding hydrogens is 479 g/mol. The molecule has 0 saturated heterocycles. The van der Waals surface area contributed by atoms with Gasteiger partial charge in [-0.05, 0) is 61.0 Å². The van der Waals surface area contributed by atoms with E-state index in [4.69, 9.17) is 27.6 Å². The highest BCUT2D eigenvalue weighted by atomic mass is 35.5. The normalized spacial score (nSPS) is 11.1. The summed E-state index contributed by atoms with van der Waals surface area (Å²) in [4.78, 5) is 4.10. The molecule has 0 N–H and O–H groups in total. The van der Waals surface area contributed by atoms with Gasteiger partial charge in [-0.2, -0.15) is 0 Å². The van der Waals surface area contributed by atoms with E-state index in [2.05, 4.69) is 25.4 Å². The monoisotopic (exact) mass is 494 g/mol. The van der Waals surface area contributed by atoms with Crippen molar-refractivity contribution in [3.63, 3.8) is 0 Å². The van der Waals surface area contributed by atoms with Gasteiger partial charge in [-0.3, -0.25) is 9.55 Å². The predicted molar refractivity (Wildman–Crippen MR) is 129 cm³/mol. The molecular formula is C23H16Cl2N6OS. The Morgan fingerprint density at radius 1 is 0.879 bits per heavy atom. The van der Waals surface area contributed by atoms with Crippen LogP contribution in [0.5, 0.6) is 0 Å². The second kappa shape index (κ2) is 9.35. The molecule has 164 valence electrons. The first-order valence-electron chi connectivity index (χ1n) is 9.92. The van der Waals surface area contributed by atoms with Gasteiger partial charge in [0, 0.05) is 33.6 Å². The minimum absolute atomic E-state index is 0.425. The number of thioether (sulfide) groups is 1. The van der Waals surface area contributed by atoms with Gasteiger partial charge in [-0.15, -0.1) is 20.4 Å². The van der Waals surface area contributed by atoms with Crippen LogP contribution in [0.3, 0.4) is 0 Å². The van der Waals surface area contributed by atoms with Gasteiger partial charge in [-0.1, -0.05) is 41.0 Å². The fourth-order valence-corrected chi connectivity index (χ4v) is 4.33. The highest BCUT2D eigenvalue weighted by molar-refractivity contribution is 7.98. The number of hydrogen-bond acceptors (Lipinski definition) is 7. The zero-order chi connectivity index (χ0) is 22.8. The van der Waals surface area contributed by atoms with Gasteiger partial charge in [0.25, 0.3) is 0 Å². The van der Waals surface area contributed by atoms with Crippen molar-refractivity contribution in [2.45, 2.75) is 17.8 Å². The van der Waals surface area contributed by atoms with Crippen LogP contribution in [0.2, 0.25) is 10.0 Å². The molecule has 7 nitrogen and oxygen atoms in total. The minimum Gasteiger partial charge on any atom is -0.420 e. The van der Waals surface area contributed by atoms with Gasteiger partial charge in [0.05, 0.1) is 11.4 Å². The lowest BCUT2D eigenvalue weighted by Crippen LogP contribution is -2.02. The molecule has 0 aliphatic heterocycles. The molecule has 0 radical (unpaired) electrons. The molecule has 3 aromatic heterocycles. The first-order chi connectivity index (χ1) is 16.1. The first kappa shape index (κ1) is 21.6. The van der Waals surface area contributed by atoms with E-state index >= 15 is 0 Å². The molecule has 0 atom stereocenters. The number of pyridine rings is 1. The van der Waals surface area contributed by atoms with Crippen LogP contribution in [0.15, 0.2) is 76.6 Å². The third kappa shape index (κ3) is 4.50. The molecule has 5 rings (SSSR count). The van der Waals surface area contributed by atoms with Crippen molar-refractivity contribution in [1.29, 1.82) is 0 Å². The standard InChI is InChI=1S/C23H16Cl2N6OS/c1-14-18(25)3-2-4-19(14)31-21(15-9-11-26-12-10-15)28-30-23(31)33-13-20-27-29-22(32-20)16-5-7-17(24)8-6-16/h2-12H,13H2,1H3. The maximum absolute atomic E-state index is 6.41. The summed E-state index contributed by atoms with van der Waals surface area (Å²) in [7, 11) is 0. The lowest BCUT2D eigenvalue weighted by Gasteiger charge is -2.13. The van der Waals surface area contributed by atoms with E-state index in [1.54, 1.807) is 24.5 Å². The van der Waals surface area contributed by atoms with Crippen molar-refractivity contribution >= 4 is 35.0 Å². The quantitative estimate of drug-likeness (QED) is 0.256. The van der Waals surface area contributed by atoms with Crippen molar-refractivity contribution in [2.24, 2.45) is 0 Å². The van der Waals surface area contributed by atoms with E-state index in [1.165, 1.54) is 11.8 Å². The highest BCUT2D eigenvalue weighted by Crippen LogP contribution is 2.33. The molecule has 2 aromatic carbocycles. The summed E-state index contributed by atoms with van der Waals surface area (Å²) in [5.74, 6) is 2.03. The lowest BCUT2D eigenvalue weighted by atomic mass is 10.2. The average Bonchev–Trinajstić information content (AvgIpc) is 3.48. The Labute approximate surface area is 203 Å². The average molecular weight is 495 g/mol. The number of halogens is 2. The van der Waals surface area contributed by atoms with Gasteiger partial charge >= 0.3 is 0 Å². The van der Waals surface area contributed by atoms with Gasteiger partial charge in [-0.25, -0.2) is 0 Å². The molecule has 0 aliphatic rings. The van der Waals surface area contributed by atoms with Crippen molar-refractivity contribution < 1.29 is 4.42 Å². The van der Waals surface area contributed by atoms with E-state index in [0.717, 1.165) is 22.4 Å². The molecule has 0 fully saturated rings. The Bertz CT molecular complexity index is 1400. The Morgan fingerprint density at radius 2 is 1.67 bits per heavy atom. The molecule has 0 amide bonds. The molecule has 0 unspecified atom stereocenters. The van der Waals surface area contributed by atoms with E-state index in [0.29, 0.717) is 38.6 Å². The van der Waals surface area contributed by atoms with E-state index in [1.807, 2.05) is 54.0 Å². The molecule has 0 bridgehead atoms. The smallest absolute Gasteiger partial charge is 0.247 e. The molecule has 3 heterocycles. The summed E-state index contributed by atoms with van der Waals surface area (Å²) in [5, 5.41) is 19.2. The zero-order valence-electron chi connectivity index (χ0n) is 17.3. The first-order valence-corrected chi connectivity index (χ1v) is 11.7. The minimum atomic E-state index is 0.425. The molecule has 5 aromatic rings. The Morgan fingerprint density at radius 3 is 2.45 bits per heavy atom. The maximum Gasteiger partial charge on any atom is 0.247 e. The third-order valence-electron chi connectivity index (χ3n) is 4.93. The number of hydrogen-bond donors (Lipinski definition) is 0. The SMILES string of the molecule is Cc1c(Cl)cccc1-n1c(SCc2nnc(-c3ccc(Cl)cc3)o2)nnc1-c1ccncc1. The maximum atomic E-state index is 6.41. The zero-order valence-corrected chi connectivity index (χ0v) is 19.6. The lowest BCUT2D eigenvalue weighted by molar-refractivity contribution is 0.528. The second-order valence-electron chi connectivity index (χ2n) is 7.06. The van der Waals surface area contributed by atoms with Crippen LogP contribution >= 0.6 is 35.0 Å². The molecule has 10 heteroatoms. The van der Waals surface area contributed by atoms with Crippen LogP contribution in [-0.4, -0.2) is 29.9 Å². The van der Waals surface area contributed by atoms with Crippen molar-refractivity contribution in [3.8, 4) is 28.5 Å². The topological polar surface area (TPSA) is 82.5 Å². The van der Waals surface area contributed by atoms with E-state index < -0.39 is 0 Å². The largest absolute Gasteiger partial charge is 0.420 e. The molecule has 0 spiro atoms. The second-order valence-corrected chi connectivity index (χ2v) is 8.84. The summed E-state index contributed by atoms with van der Waals surface area (Å²) >= 11 is 13.8. The predicted octanol–water partition coefficient (Wildman–Crippen LogP) is 6.29. The Kier molecular flexibility index (Phi) is 6.13. The summed E-state index contributed by atoms with van der Waals surface area (Å²) < 4.78 is 7.82. The van der Waals surface area contributed by atoms with E-state index in [9.17, 15) is 0 Å². The van der Waals surface area contributed by atoms with Gasteiger partial charge < -0.3 is 4.42 Å². The van der Waals surface area contributed by atoms with Crippen LogP contribution in [0.1, 0.15) is 11.5 Å². The van der Waals surface area contributed by atoms with Crippen LogP contribution in [-0.2, 0) is 5.75 Å². The Balaban J connectivity index is 1.47. The molecule has 33 heavy (non-hydrogen) atoms.